The van der Waals surface area contributed by atoms with Gasteiger partial charge in [-0.1, -0.05) is 0 Å². The minimum absolute atomic E-state index is 0.120. The average Bonchev–Trinajstić information content (AvgIpc) is 2.28. The van der Waals surface area contributed by atoms with Gasteiger partial charge in [0.15, 0.2) is 11.6 Å². The second-order valence-electron chi connectivity index (χ2n) is 5.83. The minimum atomic E-state index is -0.865. The normalized spacial score (nSPS) is 11.8. The zero-order valence-corrected chi connectivity index (χ0v) is 12.9. The van der Waals surface area contributed by atoms with Crippen molar-refractivity contribution in [3.63, 3.8) is 0 Å². The van der Waals surface area contributed by atoms with Crippen LogP contribution in [-0.4, -0.2) is 29.9 Å². The molecule has 3 N–H and O–H groups in total. The number of halogens is 1. The first-order valence-electron chi connectivity index (χ1n) is 6.87. The maximum atomic E-state index is 13.8. The smallest absolute Gasteiger partial charge is 0.167 e. The summed E-state index contributed by atoms with van der Waals surface area (Å²) < 4.78 is 19.3. The standard InChI is InChI=1S/C15H25FN2O2/c1-6-18(9-15(4,5)19)13-8-14(20-10(2)3)11(16)7-12(13)17/h7-8,10,19H,6,9,17H2,1-5H3. The number of hydrogen-bond acceptors (Lipinski definition) is 4. The molecule has 0 amide bonds. The molecular weight excluding hydrogens is 259 g/mol. The average molecular weight is 284 g/mol. The molecule has 0 saturated heterocycles. The Bertz CT molecular complexity index is 456. The van der Waals surface area contributed by atoms with Crippen molar-refractivity contribution in [2.45, 2.75) is 46.3 Å². The number of nitrogens with zero attached hydrogens (tertiary/aromatic N) is 1. The van der Waals surface area contributed by atoms with Crippen LogP contribution in [0.15, 0.2) is 12.1 Å². The van der Waals surface area contributed by atoms with E-state index in [9.17, 15) is 9.50 Å². The monoisotopic (exact) mass is 284 g/mol. The van der Waals surface area contributed by atoms with E-state index in [1.54, 1.807) is 19.9 Å². The van der Waals surface area contributed by atoms with Gasteiger partial charge in [-0.3, -0.25) is 0 Å². The fourth-order valence-electron chi connectivity index (χ4n) is 2.01. The number of benzene rings is 1. The Morgan fingerprint density at radius 3 is 2.45 bits per heavy atom. The molecular formula is C15H25FN2O2. The molecule has 0 bridgehead atoms. The molecule has 0 heterocycles. The molecule has 0 spiro atoms. The van der Waals surface area contributed by atoms with Crippen molar-refractivity contribution in [1.82, 2.24) is 0 Å². The molecule has 0 aliphatic rings. The predicted octanol–water partition coefficient (Wildman–Crippen LogP) is 2.79. The lowest BCUT2D eigenvalue weighted by Gasteiger charge is -2.31. The summed E-state index contributed by atoms with van der Waals surface area (Å²) in [5, 5.41) is 9.95. The summed E-state index contributed by atoms with van der Waals surface area (Å²) >= 11 is 0. The molecule has 0 saturated carbocycles. The molecule has 5 heteroatoms. The summed E-state index contributed by atoms with van der Waals surface area (Å²) in [5.74, 6) is -0.294. The molecule has 4 nitrogen and oxygen atoms in total. The van der Waals surface area contributed by atoms with Crippen molar-refractivity contribution in [3.05, 3.63) is 17.9 Å². The number of likely N-dealkylation sites (N-methyl/N-ethyl adjacent to an activating group) is 1. The fourth-order valence-corrected chi connectivity index (χ4v) is 2.01. The van der Waals surface area contributed by atoms with E-state index in [1.165, 1.54) is 6.07 Å². The van der Waals surface area contributed by atoms with Gasteiger partial charge in [0.05, 0.1) is 23.1 Å². The van der Waals surface area contributed by atoms with Gasteiger partial charge in [-0.25, -0.2) is 4.39 Å². The highest BCUT2D eigenvalue weighted by Gasteiger charge is 2.21. The summed E-state index contributed by atoms with van der Waals surface area (Å²) in [6, 6.07) is 2.86. The Kier molecular flexibility index (Phi) is 5.22. The van der Waals surface area contributed by atoms with Crippen molar-refractivity contribution in [3.8, 4) is 5.75 Å². The number of ether oxygens (including phenoxy) is 1. The molecule has 0 unspecified atom stereocenters. The maximum Gasteiger partial charge on any atom is 0.167 e. The van der Waals surface area contributed by atoms with Gasteiger partial charge in [-0.2, -0.15) is 0 Å². The van der Waals surface area contributed by atoms with Crippen molar-refractivity contribution < 1.29 is 14.2 Å². The van der Waals surface area contributed by atoms with Crippen LogP contribution in [0.5, 0.6) is 5.75 Å². The van der Waals surface area contributed by atoms with E-state index in [2.05, 4.69) is 0 Å². The maximum absolute atomic E-state index is 13.8. The van der Waals surface area contributed by atoms with E-state index in [4.69, 9.17) is 10.5 Å². The van der Waals surface area contributed by atoms with E-state index >= 15 is 0 Å². The second kappa shape index (κ2) is 6.31. The van der Waals surface area contributed by atoms with Gasteiger partial charge in [0.1, 0.15) is 0 Å². The Morgan fingerprint density at radius 2 is 2.00 bits per heavy atom. The van der Waals surface area contributed by atoms with Gasteiger partial charge in [0.2, 0.25) is 0 Å². The van der Waals surface area contributed by atoms with Gasteiger partial charge in [-0.15, -0.1) is 0 Å². The molecule has 0 aliphatic heterocycles. The SMILES string of the molecule is CCN(CC(C)(C)O)c1cc(OC(C)C)c(F)cc1N. The highest BCUT2D eigenvalue weighted by atomic mass is 19.1. The molecule has 0 fully saturated rings. The Labute approximate surface area is 120 Å². The van der Waals surface area contributed by atoms with Gasteiger partial charge >= 0.3 is 0 Å². The van der Waals surface area contributed by atoms with Crippen LogP contribution < -0.4 is 15.4 Å². The number of nitrogens with two attached hydrogens (primary N) is 1. The van der Waals surface area contributed by atoms with E-state index in [0.717, 1.165) is 0 Å². The summed E-state index contributed by atoms with van der Waals surface area (Å²) in [4.78, 5) is 1.90. The van der Waals surface area contributed by atoms with E-state index in [0.29, 0.717) is 24.5 Å². The highest BCUT2D eigenvalue weighted by molar-refractivity contribution is 5.70. The number of nitrogen functional groups attached to an aromatic ring is 1. The molecule has 1 aromatic carbocycles. The lowest BCUT2D eigenvalue weighted by atomic mass is 10.1. The molecule has 0 radical (unpaired) electrons. The Morgan fingerprint density at radius 1 is 1.40 bits per heavy atom. The first kappa shape index (κ1) is 16.6. The van der Waals surface area contributed by atoms with Crippen molar-refractivity contribution >= 4 is 11.4 Å². The third-order valence-electron chi connectivity index (χ3n) is 2.74. The van der Waals surface area contributed by atoms with E-state index in [1.807, 2.05) is 25.7 Å². The number of rotatable bonds is 6. The van der Waals surface area contributed by atoms with Gasteiger partial charge < -0.3 is 20.5 Å². The zero-order valence-electron chi connectivity index (χ0n) is 12.9. The van der Waals surface area contributed by atoms with Crippen molar-refractivity contribution in [2.75, 3.05) is 23.7 Å². The zero-order chi connectivity index (χ0) is 15.5. The summed E-state index contributed by atoms with van der Waals surface area (Å²) in [6.07, 6.45) is -0.120. The highest BCUT2D eigenvalue weighted by Crippen LogP contribution is 2.32. The predicted molar refractivity (Wildman–Crippen MR) is 80.8 cm³/mol. The van der Waals surface area contributed by atoms with Crippen LogP contribution in [0.25, 0.3) is 0 Å². The third-order valence-corrected chi connectivity index (χ3v) is 2.74. The van der Waals surface area contributed by atoms with Crippen LogP contribution in [0.2, 0.25) is 0 Å². The van der Waals surface area contributed by atoms with Gasteiger partial charge in [0.25, 0.3) is 0 Å². The van der Waals surface area contributed by atoms with Crippen LogP contribution in [0, 0.1) is 5.82 Å². The topological polar surface area (TPSA) is 58.7 Å². The lowest BCUT2D eigenvalue weighted by molar-refractivity contribution is 0.0876. The molecule has 1 aromatic rings. The quantitative estimate of drug-likeness (QED) is 0.789. The first-order valence-corrected chi connectivity index (χ1v) is 6.87. The van der Waals surface area contributed by atoms with Crippen LogP contribution >= 0.6 is 0 Å². The minimum Gasteiger partial charge on any atom is -0.488 e. The molecule has 20 heavy (non-hydrogen) atoms. The van der Waals surface area contributed by atoms with Crippen LogP contribution in [0.4, 0.5) is 15.8 Å². The first-order chi connectivity index (χ1) is 9.14. The van der Waals surface area contributed by atoms with Crippen molar-refractivity contribution in [1.29, 1.82) is 0 Å². The largest absolute Gasteiger partial charge is 0.488 e. The third kappa shape index (κ3) is 4.56. The van der Waals surface area contributed by atoms with Gasteiger partial charge in [-0.05, 0) is 34.6 Å². The fraction of sp³-hybridized carbons (Fsp3) is 0.600. The Hall–Kier alpha value is -1.49. The van der Waals surface area contributed by atoms with Crippen LogP contribution in [0.1, 0.15) is 34.6 Å². The summed E-state index contributed by atoms with van der Waals surface area (Å²) in [5.41, 5.74) is 6.04. The lowest BCUT2D eigenvalue weighted by Crippen LogP contribution is -2.39. The summed E-state index contributed by atoms with van der Waals surface area (Å²) in [6.45, 7) is 10.1. The van der Waals surface area contributed by atoms with Crippen LogP contribution in [-0.2, 0) is 0 Å². The Balaban J connectivity index is 3.14. The molecule has 0 aliphatic carbocycles. The van der Waals surface area contributed by atoms with E-state index < -0.39 is 11.4 Å². The van der Waals surface area contributed by atoms with E-state index in [-0.39, 0.29) is 11.9 Å². The number of aliphatic hydroxyl groups is 1. The second-order valence-corrected chi connectivity index (χ2v) is 5.83. The van der Waals surface area contributed by atoms with Crippen LogP contribution in [0.3, 0.4) is 0 Å². The molecule has 114 valence electrons. The molecule has 0 aromatic heterocycles. The summed E-state index contributed by atoms with van der Waals surface area (Å²) in [7, 11) is 0. The van der Waals surface area contributed by atoms with Gasteiger partial charge in [0, 0.05) is 25.2 Å². The number of anilines is 2. The van der Waals surface area contributed by atoms with Crippen molar-refractivity contribution in [2.24, 2.45) is 0 Å². The molecule has 1 rings (SSSR count). The number of hydrogen-bond donors (Lipinski definition) is 2. The molecule has 0 atom stereocenters.